The molecule has 3 N–H and O–H groups in total. The first kappa shape index (κ1) is 20.2. The third kappa shape index (κ3) is 5.97. The van der Waals surface area contributed by atoms with E-state index < -0.39 is 10.3 Å². The number of fused-ring (bicyclic) bond motifs is 1. The Kier molecular flexibility index (Phi) is 6.33. The second-order valence-corrected chi connectivity index (χ2v) is 7.14. The molecule has 0 spiro atoms. The molecule has 0 atom stereocenters. The fourth-order valence-electron chi connectivity index (χ4n) is 2.63. The Morgan fingerprint density at radius 1 is 0.655 bits per heavy atom. The molecule has 148 valence electrons. The molecule has 6 nitrogen and oxygen atoms in total. The van der Waals surface area contributed by atoms with Crippen molar-refractivity contribution in [2.75, 3.05) is 4.72 Å². The molecule has 7 heteroatoms. The molecule has 0 fully saturated rings. The summed E-state index contributed by atoms with van der Waals surface area (Å²) >= 11 is 0. The Balaban J connectivity index is 0.000000169. The SMILES string of the molecule is O=S(=O)(O)Nc1cccc2c(O)cccc12.c1ccc(Oc2ccccc2)cc1. The highest BCUT2D eigenvalue weighted by Gasteiger charge is 2.08. The summed E-state index contributed by atoms with van der Waals surface area (Å²) in [5.41, 5.74) is 0.218. The Morgan fingerprint density at radius 3 is 1.72 bits per heavy atom. The number of anilines is 1. The maximum atomic E-state index is 10.7. The number of para-hydroxylation sites is 2. The summed E-state index contributed by atoms with van der Waals surface area (Å²) in [6.45, 7) is 0. The molecule has 0 saturated heterocycles. The number of benzene rings is 4. The molecule has 4 aromatic rings. The van der Waals surface area contributed by atoms with Gasteiger partial charge in [0.25, 0.3) is 0 Å². The van der Waals surface area contributed by atoms with Crippen LogP contribution in [0, 0.1) is 0 Å². The van der Waals surface area contributed by atoms with Crippen LogP contribution in [0.1, 0.15) is 0 Å². The van der Waals surface area contributed by atoms with Crippen molar-refractivity contribution in [2.24, 2.45) is 0 Å². The van der Waals surface area contributed by atoms with Crippen molar-refractivity contribution in [3.8, 4) is 17.2 Å². The number of phenols is 1. The fraction of sp³-hybridized carbons (Fsp3) is 0. The van der Waals surface area contributed by atoms with Crippen molar-refractivity contribution in [1.82, 2.24) is 0 Å². The Hall–Kier alpha value is -3.55. The summed E-state index contributed by atoms with van der Waals surface area (Å²) in [6, 6.07) is 29.0. The molecule has 0 unspecified atom stereocenters. The van der Waals surface area contributed by atoms with Crippen LogP contribution in [0.5, 0.6) is 17.2 Å². The van der Waals surface area contributed by atoms with Crippen molar-refractivity contribution < 1.29 is 22.8 Å². The van der Waals surface area contributed by atoms with E-state index in [1.165, 1.54) is 12.1 Å². The number of aromatic hydroxyl groups is 1. The highest BCUT2D eigenvalue weighted by Crippen LogP contribution is 2.30. The van der Waals surface area contributed by atoms with Crippen LogP contribution in [-0.4, -0.2) is 18.1 Å². The molecule has 0 heterocycles. The van der Waals surface area contributed by atoms with Gasteiger partial charge in [-0.15, -0.1) is 0 Å². The van der Waals surface area contributed by atoms with Crippen LogP contribution in [0.4, 0.5) is 5.69 Å². The van der Waals surface area contributed by atoms with Crippen LogP contribution in [0.3, 0.4) is 0 Å². The molecule has 0 aliphatic rings. The lowest BCUT2D eigenvalue weighted by atomic mass is 10.1. The van der Waals surface area contributed by atoms with Gasteiger partial charge in [0.1, 0.15) is 17.2 Å². The fourth-order valence-corrected chi connectivity index (χ4v) is 3.09. The molecule has 29 heavy (non-hydrogen) atoms. The van der Waals surface area contributed by atoms with Crippen LogP contribution >= 0.6 is 0 Å². The van der Waals surface area contributed by atoms with Gasteiger partial charge in [-0.2, -0.15) is 8.42 Å². The Morgan fingerprint density at radius 2 is 1.17 bits per heavy atom. The first-order valence-electron chi connectivity index (χ1n) is 8.66. The largest absolute Gasteiger partial charge is 0.507 e. The molecule has 0 aromatic heterocycles. The van der Waals surface area contributed by atoms with E-state index in [1.807, 2.05) is 65.4 Å². The van der Waals surface area contributed by atoms with Gasteiger partial charge >= 0.3 is 10.3 Å². The normalized spacial score (nSPS) is 10.7. The molecular formula is C22H19NO5S. The van der Waals surface area contributed by atoms with Crippen molar-refractivity contribution in [3.63, 3.8) is 0 Å². The van der Waals surface area contributed by atoms with E-state index in [2.05, 4.69) is 0 Å². The second kappa shape index (κ2) is 9.09. The molecule has 0 saturated carbocycles. The van der Waals surface area contributed by atoms with Gasteiger partial charge in [-0.3, -0.25) is 9.27 Å². The van der Waals surface area contributed by atoms with E-state index in [4.69, 9.17) is 9.29 Å². The topological polar surface area (TPSA) is 95.9 Å². The number of hydrogen-bond acceptors (Lipinski definition) is 4. The van der Waals surface area contributed by atoms with Crippen LogP contribution in [-0.2, 0) is 10.3 Å². The first-order valence-corrected chi connectivity index (χ1v) is 10.1. The van der Waals surface area contributed by atoms with Crippen LogP contribution < -0.4 is 9.46 Å². The summed E-state index contributed by atoms with van der Waals surface area (Å²) < 4.78 is 37.7. The summed E-state index contributed by atoms with van der Waals surface area (Å²) in [6.07, 6.45) is 0. The van der Waals surface area contributed by atoms with E-state index in [-0.39, 0.29) is 11.4 Å². The standard InChI is InChI=1S/C12H10O.C10H9NO4S/c1-3-7-11(8-4-1)13-12-9-5-2-6-10-12;12-10-6-2-3-7-8(10)4-1-5-9(7)11-16(13,14)15/h1-10H;1-6,11-12H,(H,13,14,15). The molecule has 0 aliphatic heterocycles. The highest BCUT2D eigenvalue weighted by molar-refractivity contribution is 7.87. The number of nitrogens with one attached hydrogen (secondary N) is 1. The molecule has 4 rings (SSSR count). The maximum Gasteiger partial charge on any atom is 0.357 e. The van der Waals surface area contributed by atoms with Crippen molar-refractivity contribution >= 4 is 26.8 Å². The molecule has 0 amide bonds. The number of rotatable bonds is 4. The first-order chi connectivity index (χ1) is 13.9. The van der Waals surface area contributed by atoms with Gasteiger partial charge in [0, 0.05) is 10.8 Å². The minimum atomic E-state index is -4.31. The Bertz CT molecular complexity index is 1140. The quantitative estimate of drug-likeness (QED) is 0.401. The Labute approximate surface area is 168 Å². The van der Waals surface area contributed by atoms with E-state index in [0.717, 1.165) is 11.5 Å². The van der Waals surface area contributed by atoms with Crippen molar-refractivity contribution in [3.05, 3.63) is 97.1 Å². The van der Waals surface area contributed by atoms with Crippen LogP contribution in [0.15, 0.2) is 97.1 Å². The molecule has 4 aromatic carbocycles. The lowest BCUT2D eigenvalue weighted by Crippen LogP contribution is -2.10. The smallest absolute Gasteiger partial charge is 0.357 e. The minimum absolute atomic E-state index is 0.0523. The third-order valence-corrected chi connectivity index (χ3v) is 4.34. The second-order valence-electron chi connectivity index (χ2n) is 5.98. The molecule has 0 radical (unpaired) electrons. The van der Waals surface area contributed by atoms with Gasteiger partial charge < -0.3 is 9.84 Å². The molecule has 0 bridgehead atoms. The predicted molar refractivity (Wildman–Crippen MR) is 114 cm³/mol. The van der Waals surface area contributed by atoms with Gasteiger partial charge in [0.05, 0.1) is 5.69 Å². The average Bonchev–Trinajstić information content (AvgIpc) is 2.70. The summed E-state index contributed by atoms with van der Waals surface area (Å²) in [7, 11) is -4.31. The minimum Gasteiger partial charge on any atom is -0.507 e. The summed E-state index contributed by atoms with van der Waals surface area (Å²) in [5, 5.41) is 10.6. The number of phenolic OH excluding ortho intramolecular Hbond substituents is 1. The summed E-state index contributed by atoms with van der Waals surface area (Å²) in [4.78, 5) is 0. The lowest BCUT2D eigenvalue weighted by Gasteiger charge is -2.07. The van der Waals surface area contributed by atoms with Crippen LogP contribution in [0.25, 0.3) is 10.8 Å². The number of hydrogen-bond donors (Lipinski definition) is 3. The van der Waals surface area contributed by atoms with E-state index in [9.17, 15) is 13.5 Å². The average molecular weight is 409 g/mol. The van der Waals surface area contributed by atoms with Crippen LogP contribution in [0.2, 0.25) is 0 Å². The molecule has 0 aliphatic carbocycles. The van der Waals surface area contributed by atoms with Gasteiger partial charge in [-0.05, 0) is 36.4 Å². The van der Waals surface area contributed by atoms with Gasteiger partial charge in [-0.25, -0.2) is 0 Å². The van der Waals surface area contributed by atoms with Gasteiger partial charge in [-0.1, -0.05) is 60.7 Å². The zero-order valence-corrected chi connectivity index (χ0v) is 16.1. The third-order valence-electron chi connectivity index (χ3n) is 3.86. The predicted octanol–water partition coefficient (Wildman–Crippen LogP) is 5.24. The lowest BCUT2D eigenvalue weighted by molar-refractivity contribution is 0.481. The maximum absolute atomic E-state index is 10.7. The zero-order chi connectivity index (χ0) is 20.7. The van der Waals surface area contributed by atoms with Gasteiger partial charge in [0.2, 0.25) is 0 Å². The monoisotopic (exact) mass is 409 g/mol. The number of ether oxygens (including phenoxy) is 1. The van der Waals surface area contributed by atoms with Crippen molar-refractivity contribution in [1.29, 1.82) is 0 Å². The zero-order valence-electron chi connectivity index (χ0n) is 15.3. The van der Waals surface area contributed by atoms with E-state index >= 15 is 0 Å². The van der Waals surface area contributed by atoms with E-state index in [1.54, 1.807) is 24.3 Å². The summed E-state index contributed by atoms with van der Waals surface area (Å²) in [5.74, 6) is 1.79. The highest BCUT2D eigenvalue weighted by atomic mass is 32.2. The van der Waals surface area contributed by atoms with Gasteiger partial charge in [0.15, 0.2) is 0 Å². The molecular weight excluding hydrogens is 390 g/mol. The van der Waals surface area contributed by atoms with Crippen molar-refractivity contribution in [2.45, 2.75) is 0 Å². The van der Waals surface area contributed by atoms with E-state index in [0.29, 0.717) is 10.8 Å².